The predicted octanol–water partition coefficient (Wildman–Crippen LogP) is 6.11. The highest BCUT2D eigenvalue weighted by atomic mass is 32.1. The zero-order valence-corrected chi connectivity index (χ0v) is 15.4. The summed E-state index contributed by atoms with van der Waals surface area (Å²) in [6, 6.07) is 17.4. The van der Waals surface area contributed by atoms with Crippen LogP contribution in [-0.4, -0.2) is 0 Å². The van der Waals surface area contributed by atoms with Gasteiger partial charge in [0.2, 0.25) is 5.69 Å². The zero-order valence-electron chi connectivity index (χ0n) is 14.5. The minimum Gasteiger partial charge on any atom is -0.455 e. The van der Waals surface area contributed by atoms with Crippen LogP contribution in [0.15, 0.2) is 60.1 Å². The minimum absolute atomic E-state index is 0.959. The Kier molecular flexibility index (Phi) is 2.65. The Balaban J connectivity index is 1.82. The lowest BCUT2D eigenvalue weighted by Gasteiger charge is -2.20. The minimum atomic E-state index is 0.959. The van der Waals surface area contributed by atoms with E-state index < -0.39 is 0 Å². The maximum Gasteiger partial charge on any atom is 0.228 e. The predicted molar refractivity (Wildman–Crippen MR) is 108 cm³/mol. The highest BCUT2D eigenvalue weighted by molar-refractivity contribution is 7.17. The molecule has 0 saturated carbocycles. The lowest BCUT2D eigenvalue weighted by atomic mass is 9.91. The number of benzene rings is 3. The molecular weight excluding hydrogens is 338 g/mol. The van der Waals surface area contributed by atoms with Crippen LogP contribution in [-0.2, 0) is 7.05 Å². The number of rotatable bonds is 0. The molecule has 3 heterocycles. The van der Waals surface area contributed by atoms with Gasteiger partial charge in [0.25, 0.3) is 0 Å². The second-order valence-electron chi connectivity index (χ2n) is 6.97. The van der Waals surface area contributed by atoms with E-state index in [0.29, 0.717) is 0 Å². The second-order valence-corrected chi connectivity index (χ2v) is 7.88. The van der Waals surface area contributed by atoms with Gasteiger partial charge in [0.15, 0.2) is 11.9 Å². The Bertz CT molecular complexity index is 1380. The summed E-state index contributed by atoms with van der Waals surface area (Å²) in [5.74, 6) is 1.93. The molecule has 2 aromatic heterocycles. The van der Waals surface area contributed by atoms with E-state index in [2.05, 4.69) is 78.6 Å². The standard InChI is InChI=1S/C23H16NOS/c1-13-15-8-7-14-5-3-4-6-16(14)17(15)11-18-21(13)23-22-19(25-18)12-26-20(22)9-10-24(23)2/h3-12H,1-2H3/q+1. The number of hydrogen-bond donors (Lipinski definition) is 0. The van der Waals surface area contributed by atoms with E-state index in [1.165, 1.54) is 48.5 Å². The van der Waals surface area contributed by atoms with Gasteiger partial charge in [-0.05, 0) is 40.1 Å². The van der Waals surface area contributed by atoms with Crippen molar-refractivity contribution in [1.29, 1.82) is 0 Å². The third kappa shape index (κ3) is 1.68. The van der Waals surface area contributed by atoms with Crippen molar-refractivity contribution in [3.8, 4) is 22.8 Å². The van der Waals surface area contributed by atoms with Crippen molar-refractivity contribution in [1.82, 2.24) is 0 Å². The summed E-state index contributed by atoms with van der Waals surface area (Å²) in [7, 11) is 2.12. The summed E-state index contributed by atoms with van der Waals surface area (Å²) in [6.07, 6.45) is 2.15. The van der Waals surface area contributed by atoms with Gasteiger partial charge in [0.05, 0.1) is 10.3 Å². The van der Waals surface area contributed by atoms with Gasteiger partial charge in [0, 0.05) is 11.4 Å². The van der Waals surface area contributed by atoms with Crippen LogP contribution in [0.5, 0.6) is 11.5 Å². The van der Waals surface area contributed by atoms with Crippen LogP contribution in [0.25, 0.3) is 42.9 Å². The van der Waals surface area contributed by atoms with Crippen LogP contribution >= 0.6 is 11.3 Å². The summed E-state index contributed by atoms with van der Waals surface area (Å²) in [6.45, 7) is 2.22. The molecule has 2 nitrogen and oxygen atoms in total. The molecule has 124 valence electrons. The van der Waals surface area contributed by atoms with Gasteiger partial charge in [-0.2, -0.15) is 0 Å². The molecule has 1 aliphatic heterocycles. The normalized spacial score (nSPS) is 12.5. The number of ether oxygens (including phenoxy) is 1. The SMILES string of the molecule is Cc1c2c(cc3c1ccc1ccccc13)Oc1csc3cc[n+](C)c-2c13. The zero-order chi connectivity index (χ0) is 17.4. The molecule has 0 bridgehead atoms. The molecule has 26 heavy (non-hydrogen) atoms. The van der Waals surface area contributed by atoms with Crippen LogP contribution in [0.4, 0.5) is 0 Å². The lowest BCUT2D eigenvalue weighted by molar-refractivity contribution is -0.659. The summed E-state index contributed by atoms with van der Waals surface area (Å²) >= 11 is 1.75. The summed E-state index contributed by atoms with van der Waals surface area (Å²) < 4.78 is 9.88. The molecule has 3 aromatic carbocycles. The fourth-order valence-corrected chi connectivity index (χ4v) is 5.17. The number of thiophene rings is 1. The van der Waals surface area contributed by atoms with Crippen LogP contribution in [0, 0.1) is 6.92 Å². The third-order valence-electron chi connectivity index (χ3n) is 5.55. The Morgan fingerprint density at radius 1 is 0.923 bits per heavy atom. The van der Waals surface area contributed by atoms with Gasteiger partial charge in [-0.1, -0.05) is 36.4 Å². The van der Waals surface area contributed by atoms with Crippen LogP contribution in [0.3, 0.4) is 0 Å². The molecule has 1 aliphatic rings. The summed E-state index contributed by atoms with van der Waals surface area (Å²) in [5, 5.41) is 8.45. The number of aromatic nitrogens is 1. The first-order valence-corrected chi connectivity index (χ1v) is 9.63. The average molecular weight is 354 g/mol. The molecule has 0 fully saturated rings. The molecule has 0 aliphatic carbocycles. The Hall–Kier alpha value is -2.91. The Morgan fingerprint density at radius 3 is 2.73 bits per heavy atom. The largest absolute Gasteiger partial charge is 0.455 e. The molecular formula is C23H16NOS+. The van der Waals surface area contributed by atoms with E-state index in [9.17, 15) is 0 Å². The first-order chi connectivity index (χ1) is 12.7. The molecule has 0 atom stereocenters. The Morgan fingerprint density at radius 2 is 1.81 bits per heavy atom. The van der Waals surface area contributed by atoms with Crippen molar-refractivity contribution in [2.24, 2.45) is 7.05 Å². The molecule has 0 N–H and O–H groups in total. The second kappa shape index (κ2) is 4.83. The van der Waals surface area contributed by atoms with E-state index in [1.54, 1.807) is 11.3 Å². The molecule has 0 saturated heterocycles. The van der Waals surface area contributed by atoms with Gasteiger partial charge in [0.1, 0.15) is 18.2 Å². The van der Waals surface area contributed by atoms with Gasteiger partial charge in [-0.3, -0.25) is 0 Å². The number of fused-ring (bicyclic) bond motifs is 5. The molecule has 0 amide bonds. The lowest BCUT2D eigenvalue weighted by Crippen LogP contribution is -2.31. The molecule has 0 radical (unpaired) electrons. The monoisotopic (exact) mass is 354 g/mol. The molecule has 0 unspecified atom stereocenters. The number of aryl methyl sites for hydroxylation is 2. The molecule has 6 rings (SSSR count). The van der Waals surface area contributed by atoms with E-state index in [1.807, 2.05) is 0 Å². The quantitative estimate of drug-likeness (QED) is 0.237. The maximum atomic E-state index is 6.38. The summed E-state index contributed by atoms with van der Waals surface area (Å²) in [4.78, 5) is 0. The number of pyridine rings is 1. The van der Waals surface area contributed by atoms with Crippen molar-refractivity contribution in [3.63, 3.8) is 0 Å². The van der Waals surface area contributed by atoms with E-state index in [4.69, 9.17) is 4.74 Å². The number of hydrogen-bond acceptors (Lipinski definition) is 2. The fourth-order valence-electron chi connectivity index (χ4n) is 4.31. The summed E-state index contributed by atoms with van der Waals surface area (Å²) in [5.41, 5.74) is 3.75. The van der Waals surface area contributed by atoms with E-state index >= 15 is 0 Å². The van der Waals surface area contributed by atoms with Gasteiger partial charge in [-0.25, -0.2) is 4.57 Å². The van der Waals surface area contributed by atoms with Crippen LogP contribution in [0.1, 0.15) is 5.56 Å². The van der Waals surface area contributed by atoms with Crippen LogP contribution < -0.4 is 9.30 Å². The van der Waals surface area contributed by atoms with E-state index in [-0.39, 0.29) is 0 Å². The van der Waals surface area contributed by atoms with Gasteiger partial charge >= 0.3 is 0 Å². The first kappa shape index (κ1) is 14.3. The van der Waals surface area contributed by atoms with E-state index in [0.717, 1.165) is 11.5 Å². The van der Waals surface area contributed by atoms with Crippen molar-refractivity contribution >= 4 is 43.0 Å². The fraction of sp³-hybridized carbons (Fsp3) is 0.0870. The third-order valence-corrected chi connectivity index (χ3v) is 6.48. The van der Waals surface area contributed by atoms with Crippen molar-refractivity contribution in [3.05, 3.63) is 65.7 Å². The molecule has 3 heteroatoms. The van der Waals surface area contributed by atoms with Crippen molar-refractivity contribution in [2.75, 3.05) is 0 Å². The topological polar surface area (TPSA) is 13.1 Å². The van der Waals surface area contributed by atoms with Crippen molar-refractivity contribution < 1.29 is 9.30 Å². The highest BCUT2D eigenvalue weighted by Crippen LogP contribution is 2.50. The Labute approximate surface area is 154 Å². The first-order valence-electron chi connectivity index (χ1n) is 8.75. The average Bonchev–Trinajstić information content (AvgIpc) is 3.07. The maximum absolute atomic E-state index is 6.38. The van der Waals surface area contributed by atoms with Crippen LogP contribution in [0.2, 0.25) is 0 Å². The van der Waals surface area contributed by atoms with Gasteiger partial charge in [-0.15, -0.1) is 11.3 Å². The number of nitrogens with zero attached hydrogens (tertiary/aromatic N) is 1. The van der Waals surface area contributed by atoms with Gasteiger partial charge < -0.3 is 4.74 Å². The molecule has 0 spiro atoms. The highest BCUT2D eigenvalue weighted by Gasteiger charge is 2.31. The van der Waals surface area contributed by atoms with Crippen molar-refractivity contribution in [2.45, 2.75) is 6.92 Å². The smallest absolute Gasteiger partial charge is 0.228 e. The molecule has 5 aromatic rings.